The molecule has 0 bridgehead atoms. The SMILES string of the molecule is COCCNC(=S)NN=Cc1cn(-c2ccccc2)nc1-c1cccs1. The van der Waals surface area contributed by atoms with Crippen molar-refractivity contribution in [1.29, 1.82) is 0 Å². The first kappa shape index (κ1) is 18.2. The Bertz CT molecular complexity index is 859. The number of hydrazone groups is 1. The smallest absolute Gasteiger partial charge is 0.187 e. The Morgan fingerprint density at radius 1 is 1.31 bits per heavy atom. The number of ether oxygens (including phenoxy) is 1. The number of rotatable bonds is 7. The Hall–Kier alpha value is -2.55. The van der Waals surface area contributed by atoms with Crippen LogP contribution in [0.1, 0.15) is 5.56 Å². The summed E-state index contributed by atoms with van der Waals surface area (Å²) in [6.45, 7) is 1.21. The Morgan fingerprint density at radius 2 is 2.15 bits per heavy atom. The molecular weight excluding hydrogens is 366 g/mol. The topological polar surface area (TPSA) is 63.5 Å². The van der Waals surface area contributed by atoms with Crippen molar-refractivity contribution in [3.05, 3.63) is 59.6 Å². The highest BCUT2D eigenvalue weighted by molar-refractivity contribution is 7.80. The molecule has 26 heavy (non-hydrogen) atoms. The Balaban J connectivity index is 1.78. The van der Waals surface area contributed by atoms with Gasteiger partial charge < -0.3 is 10.1 Å². The largest absolute Gasteiger partial charge is 0.383 e. The number of aromatic nitrogens is 2. The van der Waals surface area contributed by atoms with Crippen LogP contribution in [0.3, 0.4) is 0 Å². The Kier molecular flexibility index (Phi) is 6.48. The molecule has 0 aliphatic heterocycles. The summed E-state index contributed by atoms with van der Waals surface area (Å²) in [4.78, 5) is 1.09. The highest BCUT2D eigenvalue weighted by atomic mass is 32.1. The molecule has 0 spiro atoms. The quantitative estimate of drug-likeness (QED) is 0.283. The summed E-state index contributed by atoms with van der Waals surface area (Å²) in [5.41, 5.74) is 5.60. The van der Waals surface area contributed by atoms with E-state index in [-0.39, 0.29) is 0 Å². The van der Waals surface area contributed by atoms with Gasteiger partial charge in [0.15, 0.2) is 5.11 Å². The molecule has 2 heterocycles. The number of hydrogen-bond acceptors (Lipinski definition) is 5. The number of para-hydroxylation sites is 1. The van der Waals surface area contributed by atoms with Gasteiger partial charge >= 0.3 is 0 Å². The summed E-state index contributed by atoms with van der Waals surface area (Å²) >= 11 is 6.81. The van der Waals surface area contributed by atoms with E-state index >= 15 is 0 Å². The maximum absolute atomic E-state index is 5.17. The Labute approximate surface area is 161 Å². The summed E-state index contributed by atoms with van der Waals surface area (Å²) in [6.07, 6.45) is 3.68. The molecule has 6 nitrogen and oxygen atoms in total. The monoisotopic (exact) mass is 385 g/mol. The molecule has 0 aliphatic rings. The molecule has 2 N–H and O–H groups in total. The van der Waals surface area contributed by atoms with E-state index in [2.05, 4.69) is 15.8 Å². The lowest BCUT2D eigenvalue weighted by atomic mass is 10.2. The van der Waals surface area contributed by atoms with Crippen LogP contribution in [0.2, 0.25) is 0 Å². The van der Waals surface area contributed by atoms with Gasteiger partial charge in [-0.25, -0.2) is 4.68 Å². The average molecular weight is 386 g/mol. The zero-order valence-corrected chi connectivity index (χ0v) is 15.9. The van der Waals surface area contributed by atoms with Crippen molar-refractivity contribution in [3.63, 3.8) is 0 Å². The van der Waals surface area contributed by atoms with E-state index in [0.29, 0.717) is 18.3 Å². The summed E-state index contributed by atoms with van der Waals surface area (Å²) < 4.78 is 6.82. The van der Waals surface area contributed by atoms with Crippen LogP contribution in [-0.2, 0) is 4.74 Å². The first-order valence-corrected chi connectivity index (χ1v) is 9.31. The molecule has 0 unspecified atom stereocenters. The van der Waals surface area contributed by atoms with E-state index in [0.717, 1.165) is 21.8 Å². The second kappa shape index (κ2) is 9.23. The van der Waals surface area contributed by atoms with E-state index in [1.807, 2.05) is 58.7 Å². The number of methoxy groups -OCH3 is 1. The van der Waals surface area contributed by atoms with Gasteiger partial charge in [0, 0.05) is 25.4 Å². The van der Waals surface area contributed by atoms with Crippen LogP contribution >= 0.6 is 23.6 Å². The molecule has 0 aliphatic carbocycles. The predicted molar refractivity (Wildman–Crippen MR) is 110 cm³/mol. The van der Waals surface area contributed by atoms with E-state index in [1.165, 1.54) is 0 Å². The van der Waals surface area contributed by atoms with E-state index in [4.69, 9.17) is 22.1 Å². The zero-order chi connectivity index (χ0) is 18.2. The standard InChI is InChI=1S/C18H19N5OS2/c1-24-10-9-19-18(25)21-20-12-14-13-23(15-6-3-2-4-7-15)22-17(14)16-8-5-11-26-16/h2-8,11-13H,9-10H2,1H3,(H2,19,21,25). The molecule has 2 aromatic heterocycles. The molecule has 1 aromatic carbocycles. The molecule has 0 amide bonds. The number of thiophene rings is 1. The van der Waals surface area contributed by atoms with Gasteiger partial charge in [0.2, 0.25) is 0 Å². The fraction of sp³-hybridized carbons (Fsp3) is 0.167. The molecule has 0 radical (unpaired) electrons. The van der Waals surface area contributed by atoms with Gasteiger partial charge in [-0.1, -0.05) is 24.3 Å². The molecule has 0 fully saturated rings. The summed E-state index contributed by atoms with van der Waals surface area (Å²) in [6, 6.07) is 14.0. The maximum atomic E-state index is 5.17. The molecule has 134 valence electrons. The van der Waals surface area contributed by atoms with Crippen LogP contribution in [0.5, 0.6) is 0 Å². The lowest BCUT2D eigenvalue weighted by molar-refractivity contribution is 0.204. The second-order valence-corrected chi connectivity index (χ2v) is 6.67. The van der Waals surface area contributed by atoms with E-state index in [9.17, 15) is 0 Å². The zero-order valence-electron chi connectivity index (χ0n) is 14.3. The van der Waals surface area contributed by atoms with Crippen LogP contribution in [-0.4, -0.2) is 41.4 Å². The van der Waals surface area contributed by atoms with Gasteiger partial charge in [0.1, 0.15) is 5.69 Å². The minimum atomic E-state index is 0.450. The van der Waals surface area contributed by atoms with Crippen molar-refractivity contribution in [1.82, 2.24) is 20.5 Å². The number of benzene rings is 1. The van der Waals surface area contributed by atoms with Crippen LogP contribution in [0.25, 0.3) is 16.3 Å². The molecule has 8 heteroatoms. The van der Waals surface area contributed by atoms with Crippen molar-refractivity contribution >= 4 is 34.9 Å². The van der Waals surface area contributed by atoms with Crippen molar-refractivity contribution in [2.24, 2.45) is 5.10 Å². The minimum Gasteiger partial charge on any atom is -0.383 e. The summed E-state index contributed by atoms with van der Waals surface area (Å²) in [5.74, 6) is 0. The van der Waals surface area contributed by atoms with Gasteiger partial charge in [0.05, 0.1) is 23.4 Å². The van der Waals surface area contributed by atoms with Gasteiger partial charge in [-0.15, -0.1) is 11.3 Å². The third-order valence-corrected chi connectivity index (χ3v) is 4.59. The lowest BCUT2D eigenvalue weighted by Crippen LogP contribution is -2.34. The third kappa shape index (κ3) is 4.75. The molecule has 0 atom stereocenters. The van der Waals surface area contributed by atoms with Gasteiger partial charge in [-0.2, -0.15) is 10.2 Å². The summed E-state index contributed by atoms with van der Waals surface area (Å²) in [5, 5.41) is 14.4. The van der Waals surface area contributed by atoms with Crippen LogP contribution < -0.4 is 10.7 Å². The van der Waals surface area contributed by atoms with Gasteiger partial charge in [0.25, 0.3) is 0 Å². The third-order valence-electron chi connectivity index (χ3n) is 3.48. The van der Waals surface area contributed by atoms with Gasteiger partial charge in [-0.05, 0) is 35.8 Å². The fourth-order valence-electron chi connectivity index (χ4n) is 2.27. The van der Waals surface area contributed by atoms with Crippen molar-refractivity contribution in [2.75, 3.05) is 20.3 Å². The molecule has 3 aromatic rings. The average Bonchev–Trinajstić information content (AvgIpc) is 3.32. The lowest BCUT2D eigenvalue weighted by Gasteiger charge is -2.05. The fourth-order valence-corrected chi connectivity index (χ4v) is 3.15. The van der Waals surface area contributed by atoms with Crippen LogP contribution in [0, 0.1) is 0 Å². The van der Waals surface area contributed by atoms with E-state index < -0.39 is 0 Å². The van der Waals surface area contributed by atoms with Crippen molar-refractivity contribution in [3.8, 4) is 16.3 Å². The number of nitrogens with zero attached hydrogens (tertiary/aromatic N) is 3. The molecule has 0 saturated carbocycles. The van der Waals surface area contributed by atoms with Crippen molar-refractivity contribution in [2.45, 2.75) is 0 Å². The second-order valence-electron chi connectivity index (χ2n) is 5.31. The summed E-state index contributed by atoms with van der Waals surface area (Å²) in [7, 11) is 1.65. The highest BCUT2D eigenvalue weighted by Crippen LogP contribution is 2.26. The number of thiocarbonyl (C=S) groups is 1. The predicted octanol–water partition coefficient (Wildman–Crippen LogP) is 3.05. The molecule has 0 saturated heterocycles. The maximum Gasteiger partial charge on any atom is 0.187 e. The normalized spacial score (nSPS) is 11.0. The van der Waals surface area contributed by atoms with Gasteiger partial charge in [-0.3, -0.25) is 5.43 Å². The highest BCUT2D eigenvalue weighted by Gasteiger charge is 2.11. The molecule has 3 rings (SSSR count). The number of hydrogen-bond donors (Lipinski definition) is 2. The Morgan fingerprint density at radius 3 is 2.88 bits per heavy atom. The first-order valence-electron chi connectivity index (χ1n) is 8.03. The minimum absolute atomic E-state index is 0.450. The first-order chi connectivity index (χ1) is 12.8. The van der Waals surface area contributed by atoms with Crippen molar-refractivity contribution < 1.29 is 4.74 Å². The molecular formula is C18H19N5OS2. The van der Waals surface area contributed by atoms with Crippen LogP contribution in [0.4, 0.5) is 0 Å². The van der Waals surface area contributed by atoms with E-state index in [1.54, 1.807) is 24.7 Å². The number of nitrogens with one attached hydrogen (secondary N) is 2. The van der Waals surface area contributed by atoms with Crippen LogP contribution in [0.15, 0.2) is 59.1 Å².